The Labute approximate surface area is 96.3 Å². The first-order valence-electron chi connectivity index (χ1n) is 5.73. The van der Waals surface area contributed by atoms with Gasteiger partial charge in [0.05, 0.1) is 0 Å². The zero-order valence-electron chi connectivity index (χ0n) is 9.35. The fraction of sp³-hybridized carbons (Fsp3) is 0.125. The van der Waals surface area contributed by atoms with Gasteiger partial charge in [0.1, 0.15) is 0 Å². The standard InChI is InChI=1S/C16H14/c1-12-11-16(13-7-3-2-4-8-13)15-10-6-5-9-14(12)15/h2-12H,1H3/t12-/m0/s1. The molecule has 1 aliphatic carbocycles. The van der Waals surface area contributed by atoms with Crippen LogP contribution in [0.15, 0.2) is 60.7 Å². The number of benzene rings is 2. The van der Waals surface area contributed by atoms with Crippen molar-refractivity contribution in [2.45, 2.75) is 12.8 Å². The van der Waals surface area contributed by atoms with Crippen molar-refractivity contribution in [2.75, 3.05) is 0 Å². The highest BCUT2D eigenvalue weighted by molar-refractivity contribution is 5.85. The molecule has 0 aliphatic heterocycles. The Bertz CT molecular complexity index is 535. The summed E-state index contributed by atoms with van der Waals surface area (Å²) in [7, 11) is 0. The van der Waals surface area contributed by atoms with E-state index in [0.717, 1.165) is 0 Å². The summed E-state index contributed by atoms with van der Waals surface area (Å²) in [5, 5.41) is 0. The van der Waals surface area contributed by atoms with E-state index in [1.807, 2.05) is 0 Å². The molecule has 0 bridgehead atoms. The Morgan fingerprint density at radius 2 is 1.50 bits per heavy atom. The minimum atomic E-state index is 0.534. The maximum Gasteiger partial charge on any atom is 0.000514 e. The van der Waals surface area contributed by atoms with E-state index in [-0.39, 0.29) is 0 Å². The van der Waals surface area contributed by atoms with Crippen LogP contribution in [0.1, 0.15) is 29.5 Å². The van der Waals surface area contributed by atoms with Gasteiger partial charge in [0.15, 0.2) is 0 Å². The highest BCUT2D eigenvalue weighted by Crippen LogP contribution is 2.38. The predicted molar refractivity (Wildman–Crippen MR) is 68.4 cm³/mol. The number of allylic oxidation sites excluding steroid dienone is 1. The Kier molecular flexibility index (Phi) is 2.14. The summed E-state index contributed by atoms with van der Waals surface area (Å²) in [4.78, 5) is 0. The first-order chi connectivity index (χ1) is 7.86. The Morgan fingerprint density at radius 1 is 0.812 bits per heavy atom. The van der Waals surface area contributed by atoms with Crippen LogP contribution >= 0.6 is 0 Å². The van der Waals surface area contributed by atoms with E-state index in [9.17, 15) is 0 Å². The van der Waals surface area contributed by atoms with E-state index in [0.29, 0.717) is 5.92 Å². The molecule has 0 amide bonds. The molecular weight excluding hydrogens is 192 g/mol. The lowest BCUT2D eigenvalue weighted by Gasteiger charge is -2.06. The summed E-state index contributed by atoms with van der Waals surface area (Å²) in [5.41, 5.74) is 5.53. The fourth-order valence-electron chi connectivity index (χ4n) is 2.44. The van der Waals surface area contributed by atoms with Crippen LogP contribution in [0.2, 0.25) is 0 Å². The van der Waals surface area contributed by atoms with Crippen molar-refractivity contribution in [3.63, 3.8) is 0 Å². The third kappa shape index (κ3) is 1.38. The smallest absolute Gasteiger partial charge is 0.000514 e. The molecule has 2 aromatic carbocycles. The van der Waals surface area contributed by atoms with E-state index in [4.69, 9.17) is 0 Å². The van der Waals surface area contributed by atoms with Crippen molar-refractivity contribution >= 4 is 5.57 Å². The topological polar surface area (TPSA) is 0 Å². The van der Waals surface area contributed by atoms with Crippen LogP contribution in [0, 0.1) is 0 Å². The summed E-state index contributed by atoms with van der Waals surface area (Å²) in [5.74, 6) is 0.534. The quantitative estimate of drug-likeness (QED) is 0.654. The van der Waals surface area contributed by atoms with E-state index >= 15 is 0 Å². The Hall–Kier alpha value is -1.82. The molecular formula is C16H14. The number of rotatable bonds is 1. The van der Waals surface area contributed by atoms with E-state index < -0.39 is 0 Å². The third-order valence-corrected chi connectivity index (χ3v) is 3.24. The minimum Gasteiger partial charge on any atom is -0.0688 e. The molecule has 0 saturated carbocycles. The first-order valence-corrected chi connectivity index (χ1v) is 5.73. The van der Waals surface area contributed by atoms with Crippen molar-refractivity contribution in [1.29, 1.82) is 0 Å². The van der Waals surface area contributed by atoms with Crippen LogP contribution < -0.4 is 0 Å². The summed E-state index contributed by atoms with van der Waals surface area (Å²) in [6.07, 6.45) is 2.36. The summed E-state index contributed by atoms with van der Waals surface area (Å²) < 4.78 is 0. The molecule has 0 aromatic heterocycles. The van der Waals surface area contributed by atoms with E-state index in [2.05, 4.69) is 67.6 Å². The summed E-state index contributed by atoms with van der Waals surface area (Å²) >= 11 is 0. The second-order valence-corrected chi connectivity index (χ2v) is 4.32. The molecule has 0 radical (unpaired) electrons. The minimum absolute atomic E-state index is 0.534. The molecule has 2 aromatic rings. The SMILES string of the molecule is C[C@H]1C=C(c2ccccc2)c2ccccc21. The molecule has 0 nitrogen and oxygen atoms in total. The van der Waals surface area contributed by atoms with Gasteiger partial charge in [-0.05, 0) is 22.3 Å². The van der Waals surface area contributed by atoms with Gasteiger partial charge in [0.2, 0.25) is 0 Å². The number of hydrogen-bond donors (Lipinski definition) is 0. The molecule has 0 heteroatoms. The molecule has 0 spiro atoms. The largest absolute Gasteiger partial charge is 0.0688 e. The Balaban J connectivity index is 2.15. The molecule has 0 heterocycles. The van der Waals surface area contributed by atoms with Crippen LogP contribution in [0.3, 0.4) is 0 Å². The fourth-order valence-corrected chi connectivity index (χ4v) is 2.44. The van der Waals surface area contributed by atoms with Crippen LogP contribution in [0.4, 0.5) is 0 Å². The maximum absolute atomic E-state index is 2.36. The second-order valence-electron chi connectivity index (χ2n) is 4.32. The summed E-state index contributed by atoms with van der Waals surface area (Å²) in [6, 6.07) is 19.3. The van der Waals surface area contributed by atoms with Gasteiger partial charge in [-0.1, -0.05) is 67.6 Å². The summed E-state index contributed by atoms with van der Waals surface area (Å²) in [6.45, 7) is 2.26. The lowest BCUT2D eigenvalue weighted by Crippen LogP contribution is -1.87. The van der Waals surface area contributed by atoms with Gasteiger partial charge in [-0.2, -0.15) is 0 Å². The normalized spacial score (nSPS) is 18.1. The van der Waals surface area contributed by atoms with Crippen molar-refractivity contribution in [3.8, 4) is 0 Å². The van der Waals surface area contributed by atoms with Gasteiger partial charge in [0.25, 0.3) is 0 Å². The molecule has 0 fully saturated rings. The van der Waals surface area contributed by atoms with Crippen molar-refractivity contribution < 1.29 is 0 Å². The predicted octanol–water partition coefficient (Wildman–Crippen LogP) is 4.24. The van der Waals surface area contributed by atoms with E-state index in [1.54, 1.807) is 0 Å². The highest BCUT2D eigenvalue weighted by Gasteiger charge is 2.19. The van der Waals surface area contributed by atoms with Gasteiger partial charge in [-0.25, -0.2) is 0 Å². The molecule has 0 N–H and O–H groups in total. The third-order valence-electron chi connectivity index (χ3n) is 3.24. The highest BCUT2D eigenvalue weighted by atomic mass is 14.2. The molecule has 78 valence electrons. The number of fused-ring (bicyclic) bond motifs is 1. The van der Waals surface area contributed by atoms with Gasteiger partial charge in [-0.3, -0.25) is 0 Å². The Morgan fingerprint density at radius 3 is 2.31 bits per heavy atom. The van der Waals surface area contributed by atoms with Crippen molar-refractivity contribution in [1.82, 2.24) is 0 Å². The van der Waals surface area contributed by atoms with Gasteiger partial charge in [0, 0.05) is 5.92 Å². The van der Waals surface area contributed by atoms with Crippen molar-refractivity contribution in [2.24, 2.45) is 0 Å². The molecule has 16 heavy (non-hydrogen) atoms. The molecule has 0 unspecified atom stereocenters. The molecule has 0 saturated heterocycles. The van der Waals surface area contributed by atoms with Crippen LogP contribution in [-0.4, -0.2) is 0 Å². The number of hydrogen-bond acceptors (Lipinski definition) is 0. The van der Waals surface area contributed by atoms with E-state index in [1.165, 1.54) is 22.3 Å². The van der Waals surface area contributed by atoms with Gasteiger partial charge in [-0.15, -0.1) is 0 Å². The second kappa shape index (κ2) is 3.64. The zero-order chi connectivity index (χ0) is 11.0. The molecule has 3 rings (SSSR count). The molecule has 1 atom stereocenters. The average molecular weight is 206 g/mol. The lowest BCUT2D eigenvalue weighted by atomic mass is 9.98. The monoisotopic (exact) mass is 206 g/mol. The van der Waals surface area contributed by atoms with Crippen molar-refractivity contribution in [3.05, 3.63) is 77.4 Å². The lowest BCUT2D eigenvalue weighted by molar-refractivity contribution is 0.990. The first kappa shape index (κ1) is 9.41. The van der Waals surface area contributed by atoms with Crippen LogP contribution in [-0.2, 0) is 0 Å². The zero-order valence-corrected chi connectivity index (χ0v) is 9.35. The van der Waals surface area contributed by atoms with Crippen LogP contribution in [0.25, 0.3) is 5.57 Å². The average Bonchev–Trinajstić information content (AvgIpc) is 2.69. The van der Waals surface area contributed by atoms with Gasteiger partial charge >= 0.3 is 0 Å². The molecule has 1 aliphatic rings. The van der Waals surface area contributed by atoms with Crippen LogP contribution in [0.5, 0.6) is 0 Å². The maximum atomic E-state index is 2.36. The van der Waals surface area contributed by atoms with Gasteiger partial charge < -0.3 is 0 Å².